The lowest BCUT2D eigenvalue weighted by Crippen LogP contribution is -2.12. The Labute approximate surface area is 91.7 Å². The van der Waals surface area contributed by atoms with Gasteiger partial charge in [0.05, 0.1) is 12.0 Å². The minimum absolute atomic E-state index is 0.696. The van der Waals surface area contributed by atoms with Gasteiger partial charge in [0.15, 0.2) is 0 Å². The van der Waals surface area contributed by atoms with Crippen LogP contribution >= 0.6 is 0 Å². The zero-order chi connectivity index (χ0) is 10.7. The first kappa shape index (κ1) is 10.7. The summed E-state index contributed by atoms with van der Waals surface area (Å²) < 4.78 is 2.14. The van der Waals surface area contributed by atoms with Crippen molar-refractivity contribution in [2.75, 3.05) is 6.54 Å². The zero-order valence-electron chi connectivity index (χ0n) is 9.58. The Kier molecular flexibility index (Phi) is 3.41. The highest BCUT2D eigenvalue weighted by Gasteiger charge is 2.21. The molecule has 0 spiro atoms. The van der Waals surface area contributed by atoms with Crippen LogP contribution in [0.15, 0.2) is 6.33 Å². The summed E-state index contributed by atoms with van der Waals surface area (Å²) in [5.74, 6) is 0.696. The van der Waals surface area contributed by atoms with E-state index in [-0.39, 0.29) is 0 Å². The summed E-state index contributed by atoms with van der Waals surface area (Å²) in [5, 5.41) is 0. The number of aryl methyl sites for hydroxylation is 1. The Bertz CT molecular complexity index is 311. The fraction of sp³-hybridized carbons (Fsp3) is 0.750. The second kappa shape index (κ2) is 4.79. The lowest BCUT2D eigenvalue weighted by Gasteiger charge is -2.21. The van der Waals surface area contributed by atoms with Gasteiger partial charge in [-0.05, 0) is 19.4 Å². The topological polar surface area (TPSA) is 43.8 Å². The van der Waals surface area contributed by atoms with Crippen LogP contribution in [0.2, 0.25) is 0 Å². The van der Waals surface area contributed by atoms with Gasteiger partial charge in [-0.3, -0.25) is 0 Å². The van der Waals surface area contributed by atoms with E-state index in [0.29, 0.717) is 5.92 Å². The number of rotatable bonds is 3. The molecule has 1 aliphatic carbocycles. The molecule has 3 nitrogen and oxygen atoms in total. The molecule has 0 unspecified atom stereocenters. The summed E-state index contributed by atoms with van der Waals surface area (Å²) in [7, 11) is 2.07. The lowest BCUT2D eigenvalue weighted by atomic mass is 9.86. The molecule has 3 heteroatoms. The average molecular weight is 207 g/mol. The standard InChI is InChI=1S/C12H21N3/c1-15-9-14-12(11(15)7-8-13)10-5-3-2-4-6-10/h9-10H,2-8,13H2,1H3. The number of hydrogen-bond acceptors (Lipinski definition) is 2. The third-order valence-corrected chi connectivity index (χ3v) is 3.46. The van der Waals surface area contributed by atoms with Gasteiger partial charge in [-0.2, -0.15) is 0 Å². The third kappa shape index (κ3) is 2.23. The molecule has 0 atom stereocenters. The molecule has 0 amide bonds. The van der Waals surface area contributed by atoms with Crippen LogP contribution in [0, 0.1) is 0 Å². The molecule has 1 heterocycles. The number of hydrogen-bond donors (Lipinski definition) is 1. The SMILES string of the molecule is Cn1cnc(C2CCCCC2)c1CCN. The summed E-state index contributed by atoms with van der Waals surface area (Å²) in [4.78, 5) is 4.57. The fourth-order valence-corrected chi connectivity index (χ4v) is 2.63. The van der Waals surface area contributed by atoms with E-state index in [9.17, 15) is 0 Å². The van der Waals surface area contributed by atoms with E-state index in [1.54, 1.807) is 0 Å². The van der Waals surface area contributed by atoms with Crippen LogP contribution in [-0.2, 0) is 13.5 Å². The first-order valence-electron chi connectivity index (χ1n) is 6.03. The van der Waals surface area contributed by atoms with Crippen molar-refractivity contribution in [3.63, 3.8) is 0 Å². The molecule has 1 fully saturated rings. The van der Waals surface area contributed by atoms with E-state index < -0.39 is 0 Å². The first-order chi connectivity index (χ1) is 7.33. The van der Waals surface area contributed by atoms with Crippen molar-refractivity contribution in [3.05, 3.63) is 17.7 Å². The molecular weight excluding hydrogens is 186 g/mol. The van der Waals surface area contributed by atoms with Crippen LogP contribution < -0.4 is 5.73 Å². The third-order valence-electron chi connectivity index (χ3n) is 3.46. The first-order valence-corrected chi connectivity index (χ1v) is 6.03. The maximum Gasteiger partial charge on any atom is 0.0949 e. The number of nitrogens with two attached hydrogens (primary N) is 1. The lowest BCUT2D eigenvalue weighted by molar-refractivity contribution is 0.435. The quantitative estimate of drug-likeness (QED) is 0.823. The van der Waals surface area contributed by atoms with Crippen molar-refractivity contribution in [1.29, 1.82) is 0 Å². The van der Waals surface area contributed by atoms with E-state index in [1.165, 1.54) is 43.5 Å². The predicted octanol–water partition coefficient (Wildman–Crippen LogP) is 1.97. The Morgan fingerprint density at radius 2 is 2.13 bits per heavy atom. The van der Waals surface area contributed by atoms with Crippen LogP contribution in [-0.4, -0.2) is 16.1 Å². The molecule has 2 N–H and O–H groups in total. The second-order valence-electron chi connectivity index (χ2n) is 4.56. The van der Waals surface area contributed by atoms with Gasteiger partial charge in [-0.1, -0.05) is 19.3 Å². The molecule has 1 saturated carbocycles. The van der Waals surface area contributed by atoms with E-state index >= 15 is 0 Å². The van der Waals surface area contributed by atoms with Crippen LogP contribution in [0.25, 0.3) is 0 Å². The molecule has 1 aromatic rings. The molecule has 0 radical (unpaired) electrons. The zero-order valence-corrected chi connectivity index (χ0v) is 9.58. The highest BCUT2D eigenvalue weighted by Crippen LogP contribution is 2.33. The molecular formula is C12H21N3. The van der Waals surface area contributed by atoms with Crippen molar-refractivity contribution < 1.29 is 0 Å². The smallest absolute Gasteiger partial charge is 0.0949 e. The average Bonchev–Trinajstić information content (AvgIpc) is 2.63. The van der Waals surface area contributed by atoms with Crippen molar-refractivity contribution in [2.45, 2.75) is 44.4 Å². The van der Waals surface area contributed by atoms with Crippen LogP contribution in [0.3, 0.4) is 0 Å². The molecule has 84 valence electrons. The van der Waals surface area contributed by atoms with Gasteiger partial charge < -0.3 is 10.3 Å². The van der Waals surface area contributed by atoms with Gasteiger partial charge in [0.1, 0.15) is 0 Å². The summed E-state index contributed by atoms with van der Waals surface area (Å²) in [6.07, 6.45) is 9.66. The maximum atomic E-state index is 5.65. The Morgan fingerprint density at radius 3 is 2.80 bits per heavy atom. The van der Waals surface area contributed by atoms with E-state index in [0.717, 1.165) is 13.0 Å². The molecule has 1 aliphatic rings. The highest BCUT2D eigenvalue weighted by atomic mass is 15.0. The minimum Gasteiger partial charge on any atom is -0.337 e. The van der Waals surface area contributed by atoms with Gasteiger partial charge in [-0.25, -0.2) is 4.98 Å². The van der Waals surface area contributed by atoms with Crippen molar-refractivity contribution in [3.8, 4) is 0 Å². The molecule has 0 bridgehead atoms. The fourth-order valence-electron chi connectivity index (χ4n) is 2.63. The molecule has 2 rings (SSSR count). The highest BCUT2D eigenvalue weighted by molar-refractivity contribution is 5.18. The van der Waals surface area contributed by atoms with Crippen molar-refractivity contribution in [2.24, 2.45) is 12.8 Å². The van der Waals surface area contributed by atoms with Crippen LogP contribution in [0.4, 0.5) is 0 Å². The summed E-state index contributed by atoms with van der Waals surface area (Å²) in [6, 6.07) is 0. The van der Waals surface area contributed by atoms with E-state index in [1.807, 2.05) is 6.33 Å². The van der Waals surface area contributed by atoms with Gasteiger partial charge in [0, 0.05) is 25.1 Å². The Morgan fingerprint density at radius 1 is 1.40 bits per heavy atom. The number of imidazole rings is 1. The summed E-state index contributed by atoms with van der Waals surface area (Å²) >= 11 is 0. The molecule has 15 heavy (non-hydrogen) atoms. The van der Waals surface area contributed by atoms with E-state index in [4.69, 9.17) is 5.73 Å². The summed E-state index contributed by atoms with van der Waals surface area (Å²) in [6.45, 7) is 0.721. The summed E-state index contributed by atoms with van der Waals surface area (Å²) in [5.41, 5.74) is 8.32. The Balaban J connectivity index is 2.18. The van der Waals surface area contributed by atoms with Gasteiger partial charge in [-0.15, -0.1) is 0 Å². The normalized spacial score (nSPS) is 18.3. The molecule has 0 aromatic carbocycles. The van der Waals surface area contributed by atoms with Crippen LogP contribution in [0.1, 0.15) is 49.4 Å². The van der Waals surface area contributed by atoms with Crippen molar-refractivity contribution in [1.82, 2.24) is 9.55 Å². The minimum atomic E-state index is 0.696. The number of nitrogens with zero attached hydrogens (tertiary/aromatic N) is 2. The van der Waals surface area contributed by atoms with Crippen molar-refractivity contribution >= 4 is 0 Å². The largest absolute Gasteiger partial charge is 0.337 e. The molecule has 0 aliphatic heterocycles. The Hall–Kier alpha value is -0.830. The van der Waals surface area contributed by atoms with Gasteiger partial charge in [0.2, 0.25) is 0 Å². The molecule has 0 saturated heterocycles. The number of aromatic nitrogens is 2. The van der Waals surface area contributed by atoms with E-state index in [2.05, 4.69) is 16.6 Å². The maximum absolute atomic E-state index is 5.65. The predicted molar refractivity (Wildman–Crippen MR) is 61.8 cm³/mol. The van der Waals surface area contributed by atoms with Crippen LogP contribution in [0.5, 0.6) is 0 Å². The monoisotopic (exact) mass is 207 g/mol. The van der Waals surface area contributed by atoms with Gasteiger partial charge >= 0.3 is 0 Å². The van der Waals surface area contributed by atoms with Gasteiger partial charge in [0.25, 0.3) is 0 Å². The molecule has 1 aromatic heterocycles. The second-order valence-corrected chi connectivity index (χ2v) is 4.56.